The third-order valence-corrected chi connectivity index (χ3v) is 0.949. The lowest BCUT2D eigenvalue weighted by Crippen LogP contribution is -2.26. The second kappa shape index (κ2) is 8.38. The Morgan fingerprint density at radius 1 is 1.33 bits per heavy atom. The van der Waals surface area contributed by atoms with E-state index < -0.39 is 10.4 Å². The van der Waals surface area contributed by atoms with Crippen LogP contribution in [0.5, 0.6) is 0 Å². The fraction of sp³-hybridized carbons (Fsp3) is 0.800. The van der Waals surface area contributed by atoms with Crippen LogP contribution in [0, 0.1) is 0 Å². The Morgan fingerprint density at radius 3 is 1.87 bits per heavy atom. The van der Waals surface area contributed by atoms with Gasteiger partial charge in [0.15, 0.2) is 12.2 Å². The van der Waals surface area contributed by atoms with Gasteiger partial charge in [0.1, 0.15) is 0 Å². The second-order valence-corrected chi connectivity index (χ2v) is 3.01. The lowest BCUT2D eigenvalue weighted by atomic mass is 10.6. The molecule has 0 aliphatic rings. The van der Waals surface area contributed by atoms with Crippen LogP contribution in [0.2, 0.25) is 0 Å². The zero-order chi connectivity index (χ0) is 12.5. The van der Waals surface area contributed by atoms with Gasteiger partial charge >= 0.3 is 10.4 Å². The highest BCUT2D eigenvalue weighted by atomic mass is 32.3. The first-order chi connectivity index (χ1) is 6.70. The van der Waals surface area contributed by atoms with Gasteiger partial charge < -0.3 is 20.9 Å². The topological polar surface area (TPSA) is 157 Å². The van der Waals surface area contributed by atoms with Crippen molar-refractivity contribution in [3.63, 3.8) is 0 Å². The maximum atomic E-state index is 8.74. The van der Waals surface area contributed by atoms with Crippen LogP contribution in [-0.2, 0) is 19.9 Å². The number of guanidine groups is 1. The van der Waals surface area contributed by atoms with Crippen molar-refractivity contribution in [2.75, 3.05) is 20.8 Å². The highest BCUT2D eigenvalue weighted by molar-refractivity contribution is 7.79. The van der Waals surface area contributed by atoms with Crippen molar-refractivity contribution >= 4 is 16.4 Å². The number of aliphatic imine (C=N–C) groups is 1. The zero-order valence-electron chi connectivity index (χ0n) is 8.32. The molecule has 0 heterocycles. The van der Waals surface area contributed by atoms with Gasteiger partial charge in [-0.05, 0) is 0 Å². The average molecular weight is 245 g/mol. The first-order valence-electron chi connectivity index (χ1n) is 3.51. The molecule has 0 rings (SSSR count). The van der Waals surface area contributed by atoms with Gasteiger partial charge in [-0.1, -0.05) is 0 Å². The minimum Gasteiger partial charge on any atom is -0.370 e. The van der Waals surface area contributed by atoms with E-state index in [0.717, 1.165) is 0 Å². The molecule has 0 aliphatic carbocycles. The molecule has 0 saturated carbocycles. The molecule has 15 heavy (non-hydrogen) atoms. The van der Waals surface area contributed by atoms with Gasteiger partial charge in [-0.3, -0.25) is 9.11 Å². The maximum Gasteiger partial charge on any atom is 0.394 e. The SMILES string of the molecule is COC(CN=C(N)N)OC.O=S(=O)(O)O. The molecule has 6 N–H and O–H groups in total. The molecule has 0 aromatic carbocycles. The second-order valence-electron chi connectivity index (χ2n) is 2.11. The van der Waals surface area contributed by atoms with E-state index in [1.165, 1.54) is 14.2 Å². The highest BCUT2D eigenvalue weighted by Crippen LogP contribution is 1.89. The monoisotopic (exact) mass is 245 g/mol. The van der Waals surface area contributed by atoms with Crippen molar-refractivity contribution in [3.05, 3.63) is 0 Å². The van der Waals surface area contributed by atoms with E-state index in [-0.39, 0.29) is 12.2 Å². The van der Waals surface area contributed by atoms with Crippen molar-refractivity contribution in [1.82, 2.24) is 0 Å². The number of methoxy groups -OCH3 is 2. The molecular weight excluding hydrogens is 230 g/mol. The zero-order valence-corrected chi connectivity index (χ0v) is 9.14. The molecule has 0 saturated heterocycles. The summed E-state index contributed by atoms with van der Waals surface area (Å²) in [6, 6.07) is 0. The Balaban J connectivity index is 0. The van der Waals surface area contributed by atoms with Crippen LogP contribution >= 0.6 is 0 Å². The Morgan fingerprint density at radius 2 is 1.67 bits per heavy atom. The summed E-state index contributed by atoms with van der Waals surface area (Å²) in [6.45, 7) is 0.329. The van der Waals surface area contributed by atoms with E-state index in [0.29, 0.717) is 6.54 Å². The van der Waals surface area contributed by atoms with E-state index in [4.69, 9.17) is 38.5 Å². The molecule has 9 nitrogen and oxygen atoms in total. The normalized spacial score (nSPS) is 10.5. The summed E-state index contributed by atoms with van der Waals surface area (Å²) in [6.07, 6.45) is -0.359. The van der Waals surface area contributed by atoms with Crippen LogP contribution in [0.4, 0.5) is 0 Å². The maximum absolute atomic E-state index is 8.74. The Bertz CT molecular complexity index is 260. The summed E-state index contributed by atoms with van der Waals surface area (Å²) in [5.41, 5.74) is 10.1. The summed E-state index contributed by atoms with van der Waals surface area (Å²) in [7, 11) is -1.62. The lowest BCUT2D eigenvalue weighted by Gasteiger charge is -2.09. The van der Waals surface area contributed by atoms with Crippen molar-refractivity contribution in [2.45, 2.75) is 6.29 Å². The molecule has 0 aromatic heterocycles. The quantitative estimate of drug-likeness (QED) is 0.196. The summed E-state index contributed by atoms with van der Waals surface area (Å²) < 4.78 is 41.2. The van der Waals surface area contributed by atoms with Gasteiger partial charge in [0, 0.05) is 14.2 Å². The molecule has 0 fully saturated rings. The van der Waals surface area contributed by atoms with Crippen LogP contribution in [0.15, 0.2) is 4.99 Å². The molecule has 10 heteroatoms. The molecule has 0 unspecified atom stereocenters. The van der Waals surface area contributed by atoms with Crippen LogP contribution in [-0.4, -0.2) is 50.5 Å². The van der Waals surface area contributed by atoms with Crippen molar-refractivity contribution in [2.24, 2.45) is 16.5 Å². The van der Waals surface area contributed by atoms with E-state index in [1.807, 2.05) is 0 Å². The van der Waals surface area contributed by atoms with E-state index in [9.17, 15) is 0 Å². The first kappa shape index (κ1) is 16.5. The standard InChI is InChI=1S/C5H13N3O2.H2O4S/c1-9-4(10-2)3-8-5(6)7;1-5(2,3)4/h4H,3H2,1-2H3,(H4,6,7,8);(H2,1,2,3,4). The minimum absolute atomic E-state index is 0.0408. The first-order valence-corrected chi connectivity index (χ1v) is 4.91. The Labute approximate surface area is 87.6 Å². The van der Waals surface area contributed by atoms with Gasteiger partial charge in [0.05, 0.1) is 6.54 Å². The Hall–Kier alpha value is -0.940. The molecule has 0 aliphatic heterocycles. The van der Waals surface area contributed by atoms with Gasteiger partial charge in [-0.2, -0.15) is 8.42 Å². The molecular formula is C5H15N3O6S. The van der Waals surface area contributed by atoms with Crippen LogP contribution in [0.25, 0.3) is 0 Å². The third kappa shape index (κ3) is 24.6. The number of nitrogens with two attached hydrogens (primary N) is 2. The van der Waals surface area contributed by atoms with E-state index >= 15 is 0 Å². The minimum atomic E-state index is -4.67. The number of hydrogen-bond acceptors (Lipinski definition) is 5. The van der Waals surface area contributed by atoms with Crippen LogP contribution < -0.4 is 11.5 Å². The number of nitrogens with zero attached hydrogens (tertiary/aromatic N) is 1. The average Bonchev–Trinajstić information content (AvgIpc) is 2.02. The lowest BCUT2D eigenvalue weighted by molar-refractivity contribution is -0.0937. The summed E-state index contributed by atoms with van der Waals surface area (Å²) in [5.74, 6) is 0.0408. The summed E-state index contributed by atoms with van der Waals surface area (Å²) >= 11 is 0. The molecule has 0 bridgehead atoms. The van der Waals surface area contributed by atoms with Gasteiger partial charge in [-0.15, -0.1) is 0 Å². The smallest absolute Gasteiger partial charge is 0.370 e. The molecule has 0 aromatic rings. The molecule has 0 radical (unpaired) electrons. The van der Waals surface area contributed by atoms with Crippen LogP contribution in [0.1, 0.15) is 0 Å². The van der Waals surface area contributed by atoms with E-state index in [2.05, 4.69) is 4.99 Å². The van der Waals surface area contributed by atoms with E-state index in [1.54, 1.807) is 0 Å². The van der Waals surface area contributed by atoms with Gasteiger partial charge in [0.25, 0.3) is 0 Å². The molecule has 0 amide bonds. The summed E-state index contributed by atoms with van der Waals surface area (Å²) in [4.78, 5) is 3.69. The Kier molecular flexibility index (Phi) is 9.21. The summed E-state index contributed by atoms with van der Waals surface area (Å²) in [5, 5.41) is 0. The molecule has 0 spiro atoms. The van der Waals surface area contributed by atoms with Gasteiger partial charge in [-0.25, -0.2) is 4.99 Å². The number of ether oxygens (including phenoxy) is 2. The van der Waals surface area contributed by atoms with Crippen molar-refractivity contribution in [1.29, 1.82) is 0 Å². The highest BCUT2D eigenvalue weighted by Gasteiger charge is 2.01. The predicted molar refractivity (Wildman–Crippen MR) is 52.7 cm³/mol. The predicted octanol–water partition coefficient (Wildman–Crippen LogP) is -1.77. The third-order valence-electron chi connectivity index (χ3n) is 0.949. The fourth-order valence-electron chi connectivity index (χ4n) is 0.425. The fourth-order valence-corrected chi connectivity index (χ4v) is 0.425. The van der Waals surface area contributed by atoms with Crippen molar-refractivity contribution in [3.8, 4) is 0 Å². The number of rotatable bonds is 4. The largest absolute Gasteiger partial charge is 0.394 e. The number of hydrogen-bond donors (Lipinski definition) is 4. The molecule has 92 valence electrons. The van der Waals surface area contributed by atoms with Crippen LogP contribution in [0.3, 0.4) is 0 Å². The van der Waals surface area contributed by atoms with Crippen molar-refractivity contribution < 1.29 is 27.0 Å². The molecule has 0 atom stereocenters. The van der Waals surface area contributed by atoms with Gasteiger partial charge in [0.2, 0.25) is 0 Å².